The van der Waals surface area contributed by atoms with E-state index in [-0.39, 0.29) is 5.91 Å². The van der Waals surface area contributed by atoms with Gasteiger partial charge in [0.1, 0.15) is 5.75 Å². The molecule has 1 aromatic carbocycles. The van der Waals surface area contributed by atoms with Gasteiger partial charge in [0.25, 0.3) is 5.91 Å². The third-order valence-electron chi connectivity index (χ3n) is 3.60. The number of methoxy groups -OCH3 is 1. The minimum Gasteiger partial charge on any atom is -0.497 e. The second-order valence-corrected chi connectivity index (χ2v) is 6.37. The maximum Gasteiger partial charge on any atom is 0.251 e. The molecule has 0 heterocycles. The van der Waals surface area contributed by atoms with Crippen LogP contribution in [0.2, 0.25) is 0 Å². The van der Waals surface area contributed by atoms with Crippen molar-refractivity contribution in [2.75, 3.05) is 13.7 Å². The average molecular weight is 326 g/mol. The Hall–Kier alpha value is -1.03. The summed E-state index contributed by atoms with van der Waals surface area (Å²) in [6.45, 7) is 0.762. The third-order valence-corrected chi connectivity index (χ3v) is 4.43. The molecule has 2 unspecified atom stereocenters. The third kappa shape index (κ3) is 4.23. The first kappa shape index (κ1) is 14.4. The number of benzene rings is 1. The first-order chi connectivity index (χ1) is 9.19. The highest BCUT2D eigenvalue weighted by Crippen LogP contribution is 2.28. The van der Waals surface area contributed by atoms with Crippen molar-refractivity contribution in [1.82, 2.24) is 5.32 Å². The summed E-state index contributed by atoms with van der Waals surface area (Å²) in [5.41, 5.74) is 0.658. The highest BCUT2D eigenvalue weighted by molar-refractivity contribution is 9.09. The van der Waals surface area contributed by atoms with Crippen molar-refractivity contribution in [3.63, 3.8) is 0 Å². The average Bonchev–Trinajstić information content (AvgIpc) is 2.45. The molecule has 1 aliphatic carbocycles. The molecule has 0 spiro atoms. The summed E-state index contributed by atoms with van der Waals surface area (Å²) >= 11 is 3.67. The molecule has 1 amide bonds. The fourth-order valence-electron chi connectivity index (χ4n) is 2.51. The van der Waals surface area contributed by atoms with Gasteiger partial charge in [-0.15, -0.1) is 0 Å². The Bertz CT molecular complexity index is 436. The molecule has 4 heteroatoms. The summed E-state index contributed by atoms with van der Waals surface area (Å²) in [4.78, 5) is 12.7. The second kappa shape index (κ2) is 6.94. The minimum atomic E-state index is -0.0180. The van der Waals surface area contributed by atoms with Crippen molar-refractivity contribution in [2.45, 2.75) is 30.5 Å². The van der Waals surface area contributed by atoms with Crippen LogP contribution >= 0.6 is 15.9 Å². The summed E-state index contributed by atoms with van der Waals surface area (Å²) < 4.78 is 5.13. The van der Waals surface area contributed by atoms with Crippen molar-refractivity contribution in [1.29, 1.82) is 0 Å². The van der Waals surface area contributed by atoms with Crippen LogP contribution in [0, 0.1) is 5.92 Å². The summed E-state index contributed by atoms with van der Waals surface area (Å²) in [5, 5.41) is 3.03. The largest absolute Gasteiger partial charge is 0.497 e. The minimum absolute atomic E-state index is 0.0180. The molecule has 2 atom stereocenters. The Balaban J connectivity index is 1.86. The van der Waals surface area contributed by atoms with Gasteiger partial charge in [0, 0.05) is 16.9 Å². The molecule has 1 saturated carbocycles. The van der Waals surface area contributed by atoms with E-state index in [9.17, 15) is 4.79 Å². The number of rotatable bonds is 4. The second-order valence-electron chi connectivity index (χ2n) is 5.07. The van der Waals surface area contributed by atoms with Crippen LogP contribution in [0.1, 0.15) is 36.0 Å². The fraction of sp³-hybridized carbons (Fsp3) is 0.533. The number of alkyl halides is 1. The number of hydrogen-bond donors (Lipinski definition) is 1. The van der Waals surface area contributed by atoms with Gasteiger partial charge in [-0.3, -0.25) is 4.79 Å². The number of carbonyl (C=O) groups is 1. The quantitative estimate of drug-likeness (QED) is 0.862. The van der Waals surface area contributed by atoms with Gasteiger partial charge in [-0.2, -0.15) is 0 Å². The summed E-state index contributed by atoms with van der Waals surface area (Å²) in [6, 6.07) is 7.26. The fourth-order valence-corrected chi connectivity index (χ4v) is 3.37. The van der Waals surface area contributed by atoms with E-state index >= 15 is 0 Å². The van der Waals surface area contributed by atoms with E-state index in [4.69, 9.17) is 4.74 Å². The summed E-state index contributed by atoms with van der Waals surface area (Å²) in [6.07, 6.45) is 4.86. The van der Waals surface area contributed by atoms with Crippen LogP contribution in [-0.2, 0) is 0 Å². The smallest absolute Gasteiger partial charge is 0.251 e. The van der Waals surface area contributed by atoms with Gasteiger partial charge in [-0.25, -0.2) is 0 Å². The lowest BCUT2D eigenvalue weighted by atomic mass is 9.89. The molecule has 1 aromatic rings. The van der Waals surface area contributed by atoms with E-state index in [0.717, 1.165) is 13.0 Å². The Kier molecular flexibility index (Phi) is 5.25. The van der Waals surface area contributed by atoms with Crippen molar-refractivity contribution in [3.05, 3.63) is 29.8 Å². The van der Waals surface area contributed by atoms with Crippen molar-refractivity contribution in [2.24, 2.45) is 5.92 Å². The zero-order valence-electron chi connectivity index (χ0n) is 11.2. The molecule has 0 saturated heterocycles. The van der Waals surface area contributed by atoms with Crippen LogP contribution in [0.3, 0.4) is 0 Å². The van der Waals surface area contributed by atoms with E-state index in [1.807, 2.05) is 18.2 Å². The Morgan fingerprint density at radius 1 is 1.47 bits per heavy atom. The van der Waals surface area contributed by atoms with Gasteiger partial charge in [-0.05, 0) is 43.4 Å². The number of nitrogens with one attached hydrogen (secondary N) is 1. The maximum absolute atomic E-state index is 12.1. The van der Waals surface area contributed by atoms with Gasteiger partial charge in [-0.1, -0.05) is 28.4 Å². The zero-order chi connectivity index (χ0) is 13.7. The van der Waals surface area contributed by atoms with E-state index in [1.165, 1.54) is 19.3 Å². The van der Waals surface area contributed by atoms with E-state index in [2.05, 4.69) is 21.2 Å². The summed E-state index contributed by atoms with van der Waals surface area (Å²) in [5.74, 6) is 1.29. The van der Waals surface area contributed by atoms with E-state index in [0.29, 0.717) is 22.1 Å². The van der Waals surface area contributed by atoms with E-state index < -0.39 is 0 Å². The van der Waals surface area contributed by atoms with Gasteiger partial charge >= 0.3 is 0 Å². The SMILES string of the molecule is COc1cccc(C(=O)NCC2CCCC(Br)C2)c1. The normalized spacial score (nSPS) is 22.8. The van der Waals surface area contributed by atoms with Crippen LogP contribution in [-0.4, -0.2) is 24.4 Å². The van der Waals surface area contributed by atoms with Gasteiger partial charge < -0.3 is 10.1 Å². The number of halogens is 1. The molecular weight excluding hydrogens is 306 g/mol. The van der Waals surface area contributed by atoms with Crippen LogP contribution < -0.4 is 10.1 Å². The predicted octanol–water partition coefficient (Wildman–Crippen LogP) is 3.38. The standard InChI is InChI=1S/C15H20BrNO2/c1-19-14-7-3-5-12(9-14)15(18)17-10-11-4-2-6-13(16)8-11/h3,5,7,9,11,13H,2,4,6,8,10H2,1H3,(H,17,18). The maximum atomic E-state index is 12.1. The molecule has 0 radical (unpaired) electrons. The molecule has 19 heavy (non-hydrogen) atoms. The molecule has 1 aliphatic rings. The molecule has 1 fully saturated rings. The lowest BCUT2D eigenvalue weighted by Gasteiger charge is -2.25. The number of carbonyl (C=O) groups excluding carboxylic acids is 1. The highest BCUT2D eigenvalue weighted by Gasteiger charge is 2.20. The molecule has 0 aromatic heterocycles. The van der Waals surface area contributed by atoms with E-state index in [1.54, 1.807) is 13.2 Å². The lowest BCUT2D eigenvalue weighted by molar-refractivity contribution is 0.0943. The molecule has 0 bridgehead atoms. The Morgan fingerprint density at radius 3 is 3.05 bits per heavy atom. The molecular formula is C15H20BrNO2. The first-order valence-electron chi connectivity index (χ1n) is 6.75. The van der Waals surface area contributed by atoms with Crippen molar-refractivity contribution < 1.29 is 9.53 Å². The van der Waals surface area contributed by atoms with Crippen LogP contribution in [0.5, 0.6) is 5.75 Å². The van der Waals surface area contributed by atoms with Crippen LogP contribution in [0.4, 0.5) is 0 Å². The van der Waals surface area contributed by atoms with Gasteiger partial charge in [0.2, 0.25) is 0 Å². The molecule has 1 N–H and O–H groups in total. The molecule has 0 aliphatic heterocycles. The topological polar surface area (TPSA) is 38.3 Å². The number of hydrogen-bond acceptors (Lipinski definition) is 2. The highest BCUT2D eigenvalue weighted by atomic mass is 79.9. The lowest BCUT2D eigenvalue weighted by Crippen LogP contribution is -2.31. The number of amides is 1. The molecule has 3 nitrogen and oxygen atoms in total. The van der Waals surface area contributed by atoms with Gasteiger partial charge in [0.15, 0.2) is 0 Å². The van der Waals surface area contributed by atoms with Crippen molar-refractivity contribution >= 4 is 21.8 Å². The van der Waals surface area contributed by atoms with Crippen LogP contribution in [0.25, 0.3) is 0 Å². The molecule has 2 rings (SSSR count). The van der Waals surface area contributed by atoms with Crippen LogP contribution in [0.15, 0.2) is 24.3 Å². The van der Waals surface area contributed by atoms with Gasteiger partial charge in [0.05, 0.1) is 7.11 Å². The first-order valence-corrected chi connectivity index (χ1v) is 7.67. The zero-order valence-corrected chi connectivity index (χ0v) is 12.8. The molecule has 104 valence electrons. The summed E-state index contributed by atoms with van der Waals surface area (Å²) in [7, 11) is 1.61. The monoisotopic (exact) mass is 325 g/mol. The Labute approximate surface area is 122 Å². The predicted molar refractivity (Wildman–Crippen MR) is 80.0 cm³/mol. The Morgan fingerprint density at radius 2 is 2.32 bits per heavy atom. The number of ether oxygens (including phenoxy) is 1. The van der Waals surface area contributed by atoms with Crippen molar-refractivity contribution in [3.8, 4) is 5.75 Å².